The molecule has 0 radical (unpaired) electrons. The van der Waals surface area contributed by atoms with Crippen LogP contribution in [0.25, 0.3) is 11.0 Å². The number of nitrogens with one attached hydrogen (secondary N) is 1. The largest absolute Gasteiger partial charge is 0.352 e. The summed E-state index contributed by atoms with van der Waals surface area (Å²) in [5.74, 6) is 0.941. The van der Waals surface area contributed by atoms with Gasteiger partial charge < -0.3 is 5.32 Å². The van der Waals surface area contributed by atoms with Crippen LogP contribution in [0.15, 0.2) is 17.3 Å². The molecule has 1 saturated carbocycles. The van der Waals surface area contributed by atoms with Crippen molar-refractivity contribution in [1.82, 2.24) is 24.6 Å². The molecule has 2 aromatic heterocycles. The van der Waals surface area contributed by atoms with Gasteiger partial charge in [0.15, 0.2) is 5.65 Å². The molecule has 2 heterocycles. The Morgan fingerprint density at radius 3 is 2.96 bits per heavy atom. The molecule has 0 aliphatic heterocycles. The van der Waals surface area contributed by atoms with E-state index in [0.29, 0.717) is 22.9 Å². The molecule has 2 aromatic rings. The summed E-state index contributed by atoms with van der Waals surface area (Å²) >= 11 is 0. The van der Waals surface area contributed by atoms with Gasteiger partial charge in [-0.15, -0.1) is 0 Å². The van der Waals surface area contributed by atoms with Crippen molar-refractivity contribution in [3.8, 4) is 0 Å². The number of aromatic nitrogens is 4. The Balaban J connectivity index is 1.73. The highest BCUT2D eigenvalue weighted by Crippen LogP contribution is 2.29. The minimum atomic E-state index is -0.233. The van der Waals surface area contributed by atoms with Crippen molar-refractivity contribution in [2.24, 2.45) is 18.9 Å². The fraction of sp³-hybridized carbons (Fsp3) is 0.625. The zero-order valence-electron chi connectivity index (χ0n) is 13.8. The summed E-state index contributed by atoms with van der Waals surface area (Å²) in [6, 6.07) is 0.192. The van der Waals surface area contributed by atoms with Gasteiger partial charge in [0.25, 0.3) is 5.56 Å². The number of amides is 1. The molecule has 3 atom stereocenters. The Labute approximate surface area is 134 Å². The molecule has 3 rings (SSSR count). The maximum absolute atomic E-state index is 12.4. The van der Waals surface area contributed by atoms with Crippen molar-refractivity contribution >= 4 is 16.9 Å². The Bertz CT molecular complexity index is 778. The molecule has 0 aromatic carbocycles. The van der Waals surface area contributed by atoms with Crippen LogP contribution in [0.4, 0.5) is 0 Å². The van der Waals surface area contributed by atoms with Gasteiger partial charge in [-0.05, 0) is 18.3 Å². The number of aryl methyl sites for hydroxylation is 1. The van der Waals surface area contributed by atoms with Crippen molar-refractivity contribution in [3.63, 3.8) is 0 Å². The third-order valence-corrected chi connectivity index (χ3v) is 5.09. The molecule has 7 nitrogen and oxygen atoms in total. The molecule has 1 amide bonds. The smallest absolute Gasteiger partial charge is 0.264 e. The number of hydrogen-bond acceptors (Lipinski definition) is 4. The minimum Gasteiger partial charge on any atom is -0.352 e. The van der Waals surface area contributed by atoms with E-state index in [1.54, 1.807) is 11.7 Å². The van der Waals surface area contributed by atoms with E-state index in [-0.39, 0.29) is 24.1 Å². The van der Waals surface area contributed by atoms with E-state index < -0.39 is 0 Å². The maximum Gasteiger partial charge on any atom is 0.264 e. The van der Waals surface area contributed by atoms with E-state index in [4.69, 9.17) is 0 Å². The van der Waals surface area contributed by atoms with E-state index >= 15 is 0 Å². The second-order valence-electron chi connectivity index (χ2n) is 6.62. The van der Waals surface area contributed by atoms with Crippen LogP contribution in [-0.4, -0.2) is 31.3 Å². The van der Waals surface area contributed by atoms with E-state index in [0.717, 1.165) is 12.8 Å². The lowest BCUT2D eigenvalue weighted by Crippen LogP contribution is -2.45. The fourth-order valence-electron chi connectivity index (χ4n) is 3.37. The van der Waals surface area contributed by atoms with E-state index in [2.05, 4.69) is 29.2 Å². The first-order valence-corrected chi connectivity index (χ1v) is 8.14. The summed E-state index contributed by atoms with van der Waals surface area (Å²) in [7, 11) is 1.73. The average Bonchev–Trinajstić information content (AvgIpc) is 2.89. The van der Waals surface area contributed by atoms with Crippen molar-refractivity contribution in [1.29, 1.82) is 0 Å². The highest BCUT2D eigenvalue weighted by atomic mass is 16.2. The fourth-order valence-corrected chi connectivity index (χ4v) is 3.37. The predicted molar refractivity (Wildman–Crippen MR) is 86.9 cm³/mol. The van der Waals surface area contributed by atoms with Crippen LogP contribution >= 0.6 is 0 Å². The quantitative estimate of drug-likeness (QED) is 0.918. The molecule has 1 fully saturated rings. The molecule has 1 aliphatic rings. The predicted octanol–water partition coefficient (Wildman–Crippen LogP) is 1.07. The van der Waals surface area contributed by atoms with Crippen molar-refractivity contribution < 1.29 is 4.79 Å². The van der Waals surface area contributed by atoms with Crippen LogP contribution in [0.2, 0.25) is 0 Å². The molecular weight excluding hydrogens is 294 g/mol. The highest BCUT2D eigenvalue weighted by molar-refractivity contribution is 5.77. The molecule has 0 saturated heterocycles. The topological polar surface area (TPSA) is 81.8 Å². The molecule has 0 bridgehead atoms. The first-order valence-electron chi connectivity index (χ1n) is 8.14. The number of nitrogens with zero attached hydrogens (tertiary/aromatic N) is 4. The summed E-state index contributed by atoms with van der Waals surface area (Å²) in [5, 5.41) is 7.54. The zero-order valence-corrected chi connectivity index (χ0v) is 13.8. The number of fused-ring (bicyclic) bond motifs is 1. The minimum absolute atomic E-state index is 0.00569. The molecule has 23 heavy (non-hydrogen) atoms. The zero-order chi connectivity index (χ0) is 16.6. The summed E-state index contributed by atoms with van der Waals surface area (Å²) in [6.45, 7) is 4.41. The monoisotopic (exact) mass is 317 g/mol. The number of rotatable bonds is 3. The third-order valence-electron chi connectivity index (χ3n) is 5.09. The van der Waals surface area contributed by atoms with Gasteiger partial charge in [0.05, 0.1) is 6.20 Å². The van der Waals surface area contributed by atoms with Gasteiger partial charge in [0.1, 0.15) is 18.3 Å². The summed E-state index contributed by atoms with van der Waals surface area (Å²) in [6.07, 6.45) is 6.27. The van der Waals surface area contributed by atoms with Crippen LogP contribution in [0.1, 0.15) is 33.1 Å². The van der Waals surface area contributed by atoms with E-state index in [1.807, 2.05) is 0 Å². The molecule has 0 unspecified atom stereocenters. The molecular formula is C16H23N5O2. The highest BCUT2D eigenvalue weighted by Gasteiger charge is 2.28. The van der Waals surface area contributed by atoms with Gasteiger partial charge >= 0.3 is 0 Å². The lowest BCUT2D eigenvalue weighted by molar-refractivity contribution is -0.123. The van der Waals surface area contributed by atoms with Gasteiger partial charge in [0, 0.05) is 13.1 Å². The Hall–Kier alpha value is -2.18. The second kappa shape index (κ2) is 6.14. The van der Waals surface area contributed by atoms with Crippen molar-refractivity contribution in [2.45, 2.75) is 45.7 Å². The van der Waals surface area contributed by atoms with Gasteiger partial charge in [-0.3, -0.25) is 18.8 Å². The first kappa shape index (κ1) is 15.7. The summed E-state index contributed by atoms with van der Waals surface area (Å²) in [4.78, 5) is 28.9. The molecule has 1 aliphatic carbocycles. The third kappa shape index (κ3) is 3.00. The lowest BCUT2D eigenvalue weighted by atomic mass is 9.78. The van der Waals surface area contributed by atoms with E-state index in [9.17, 15) is 9.59 Å². The first-order chi connectivity index (χ1) is 11.0. The van der Waals surface area contributed by atoms with Crippen LogP contribution in [-0.2, 0) is 18.4 Å². The van der Waals surface area contributed by atoms with Crippen LogP contribution in [0, 0.1) is 11.8 Å². The number of carbonyl (C=O) groups excluding carboxylic acids is 1. The Morgan fingerprint density at radius 1 is 1.39 bits per heavy atom. The standard InChI is InChI=1S/C16H23N5O2/c1-10-5-4-6-13(11(10)2)19-14(22)8-21-9-17-15-12(16(21)23)7-18-20(15)3/h7,9-11,13H,4-6,8H2,1-3H3,(H,19,22)/t10-,11-,13-/m1/s1. The second-order valence-corrected chi connectivity index (χ2v) is 6.62. The molecule has 124 valence electrons. The number of carbonyl (C=O) groups is 1. The molecule has 7 heteroatoms. The van der Waals surface area contributed by atoms with Crippen molar-refractivity contribution in [3.05, 3.63) is 22.9 Å². The SMILES string of the molecule is C[C@@H]1[C@H](C)CCC[C@H]1NC(=O)Cn1cnc2c(cnn2C)c1=O. The lowest BCUT2D eigenvalue weighted by Gasteiger charge is -2.34. The normalized spacial score (nSPS) is 24.7. The van der Waals surface area contributed by atoms with Gasteiger partial charge in [0.2, 0.25) is 5.91 Å². The summed E-state index contributed by atoms with van der Waals surface area (Å²) < 4.78 is 2.89. The number of hydrogen-bond donors (Lipinski definition) is 1. The summed E-state index contributed by atoms with van der Waals surface area (Å²) in [5.41, 5.74) is 0.296. The molecule has 0 spiro atoms. The van der Waals surface area contributed by atoms with Gasteiger partial charge in [-0.1, -0.05) is 26.7 Å². The van der Waals surface area contributed by atoms with Gasteiger partial charge in [-0.25, -0.2) is 4.98 Å². The average molecular weight is 317 g/mol. The van der Waals surface area contributed by atoms with E-state index in [1.165, 1.54) is 23.5 Å². The molecule has 1 N–H and O–H groups in total. The van der Waals surface area contributed by atoms with Crippen LogP contribution < -0.4 is 10.9 Å². The van der Waals surface area contributed by atoms with Crippen LogP contribution in [0.3, 0.4) is 0 Å². The van der Waals surface area contributed by atoms with Crippen molar-refractivity contribution in [2.75, 3.05) is 0 Å². The van der Waals surface area contributed by atoms with Crippen LogP contribution in [0.5, 0.6) is 0 Å². The Kier molecular flexibility index (Phi) is 4.19. The maximum atomic E-state index is 12.4. The Morgan fingerprint density at radius 2 is 2.17 bits per heavy atom. The van der Waals surface area contributed by atoms with Gasteiger partial charge in [-0.2, -0.15) is 5.10 Å².